The summed E-state index contributed by atoms with van der Waals surface area (Å²) >= 11 is 0. The average molecular weight is 891 g/mol. The first-order chi connectivity index (χ1) is 14.6. The number of unbranched alkanes of at least 4 members (excludes halogenated alkanes) is 6. The number of nitrogens with one attached hydrogen (secondary N) is 2. The van der Waals surface area contributed by atoms with E-state index in [1.165, 1.54) is 64.7 Å². The van der Waals surface area contributed by atoms with Gasteiger partial charge in [0.1, 0.15) is 0 Å². The van der Waals surface area contributed by atoms with Crippen molar-refractivity contribution in [2.75, 3.05) is 45.9 Å². The molecule has 0 aromatic carbocycles. The molecule has 0 heterocycles. The minimum Gasteiger partial charge on any atom is -0.693 e. The third-order valence-electron chi connectivity index (χ3n) is 4.29. The van der Waals surface area contributed by atoms with Gasteiger partial charge in [0.05, 0.1) is 32.8 Å². The molecule has 0 rings (SSSR count). The van der Waals surface area contributed by atoms with E-state index in [1.807, 2.05) is 13.8 Å². The Labute approximate surface area is 250 Å². The van der Waals surface area contributed by atoms with Gasteiger partial charge in [0.15, 0.2) is 0 Å². The molecule has 12 nitrogen and oxygen atoms in total. The maximum absolute atomic E-state index is 9.60. The minimum atomic E-state index is -0.711. The van der Waals surface area contributed by atoms with Gasteiger partial charge in [0.25, 0.3) is 0 Å². The molecule has 0 spiro atoms. The van der Waals surface area contributed by atoms with E-state index in [4.69, 9.17) is 21.8 Å². The van der Waals surface area contributed by atoms with Crippen molar-refractivity contribution in [3.63, 3.8) is 0 Å². The van der Waals surface area contributed by atoms with Crippen LogP contribution >= 0.6 is 0 Å². The number of aliphatic carboxylic acids is 1. The largest absolute Gasteiger partial charge is 0.693 e. The monoisotopic (exact) mass is 890 g/mol. The van der Waals surface area contributed by atoms with Gasteiger partial charge in [-0.2, -0.15) is 13.1 Å². The zero-order valence-corrected chi connectivity index (χ0v) is 27.3. The zero-order valence-electron chi connectivity index (χ0n) is 22.7. The molecule has 0 radical (unpaired) electrons. The summed E-state index contributed by atoms with van der Waals surface area (Å²) in [6.07, 6.45) is 12.9. The molecular weight excluding hydrogens is 830 g/mol. The predicted octanol–water partition coefficient (Wildman–Crippen LogP) is 6.35. The first-order valence-corrected chi connectivity index (χ1v) is 12.0. The quantitative estimate of drug-likeness (QED) is 0.0618. The molecule has 0 aliphatic carbocycles. The van der Waals surface area contributed by atoms with Crippen LogP contribution < -0.4 is 10.6 Å². The summed E-state index contributed by atoms with van der Waals surface area (Å²) < 4.78 is 0. The Morgan fingerprint density at radius 2 is 1.03 bits per heavy atom. The molecule has 36 heavy (non-hydrogen) atoms. The van der Waals surface area contributed by atoms with Crippen LogP contribution in [0, 0.1) is 0 Å². The maximum Gasteiger partial charge on any atom is 0.303 e. The number of hydrogen-bond acceptors (Lipinski definition) is 3. The molecule has 16 N–H and O–H groups in total. The van der Waals surface area contributed by atoms with Gasteiger partial charge in [0.2, 0.25) is 0 Å². The predicted molar refractivity (Wildman–Crippen MR) is 146 cm³/mol. The van der Waals surface area contributed by atoms with E-state index in [9.17, 15) is 4.79 Å². The first-order valence-electron chi connectivity index (χ1n) is 12.0. The Morgan fingerprint density at radius 3 is 1.22 bits per heavy atom. The summed E-state index contributed by atoms with van der Waals surface area (Å²) in [5.41, 5.74) is 14.1. The van der Waals surface area contributed by atoms with Gasteiger partial charge in [-0.05, 0) is 38.5 Å². The van der Waals surface area contributed by atoms with Gasteiger partial charge < -0.3 is 51.8 Å². The molecule has 0 unspecified atom stereocenters. The van der Waals surface area contributed by atoms with Gasteiger partial charge in [-0.1, -0.05) is 33.1 Å². The molecule has 0 fully saturated rings. The molecule has 0 saturated heterocycles. The average Bonchev–Trinajstić information content (AvgIpc) is 2.73. The van der Waals surface area contributed by atoms with Crippen molar-refractivity contribution in [3.8, 4) is 0 Å². The molecule has 0 saturated carbocycles. The van der Waals surface area contributed by atoms with Crippen LogP contribution in [0.5, 0.6) is 0 Å². The van der Waals surface area contributed by atoms with Crippen molar-refractivity contribution >= 4 is 5.97 Å². The van der Waals surface area contributed by atoms with E-state index in [1.54, 1.807) is 0 Å². The standard InChI is InChI=1S/C14H32N4.C4H10O2.C4H8O2.4H2N.2Pt/c15-9-3-1-5-11-17-13-7-8-14-18-12-6-2-4-10-16;1-2-3-4-6-5;1-2-3-4(5)6;;;;;;/h15-18H,1-14H2;5H,2-4H2,1H3;2-3H2,1H3,(H,5,6);4*1H2;;/q-2;;;4*-1;;/p+2. The van der Waals surface area contributed by atoms with Gasteiger partial charge in [-0.25, -0.2) is 4.89 Å². The molecule has 0 aromatic heterocycles. The molecule has 0 aromatic rings. The Kier molecular flexibility index (Phi) is 110. The number of carbonyl (C=O) groups is 1. The van der Waals surface area contributed by atoms with Crippen molar-refractivity contribution in [1.82, 2.24) is 0 Å². The number of quaternary nitrogens is 2. The van der Waals surface area contributed by atoms with Crippen molar-refractivity contribution in [2.24, 2.45) is 0 Å². The minimum absolute atomic E-state index is 0. The number of carboxylic acid groups (broad SMARTS) is 1. The second-order valence-electron chi connectivity index (χ2n) is 7.39. The van der Waals surface area contributed by atoms with Crippen LogP contribution in [0.25, 0.3) is 36.1 Å². The third-order valence-corrected chi connectivity index (χ3v) is 4.29. The SMILES string of the molecule is CCCC(=O)O.CCCCOO.[NH-]CCCCC[NH2+]CCCC[NH2+]CCCCC[NH-].[NH2-].[NH2-].[NH2-].[NH2-].[Pt].[Pt]. The summed E-state index contributed by atoms with van der Waals surface area (Å²) in [5.74, 6) is -0.711. The Morgan fingerprint density at radius 1 is 0.667 bits per heavy atom. The molecule has 0 aliphatic heterocycles. The third kappa shape index (κ3) is 83.8. The summed E-state index contributed by atoms with van der Waals surface area (Å²) in [6, 6.07) is 0. The summed E-state index contributed by atoms with van der Waals surface area (Å²) in [7, 11) is 0. The molecule has 0 aliphatic rings. The smallest absolute Gasteiger partial charge is 0.303 e. The molecule has 236 valence electrons. The van der Waals surface area contributed by atoms with E-state index in [-0.39, 0.29) is 66.7 Å². The molecule has 0 atom stereocenters. The fraction of sp³-hybridized carbons (Fsp3) is 0.955. The van der Waals surface area contributed by atoms with E-state index in [0.717, 1.165) is 32.1 Å². The van der Waals surface area contributed by atoms with Gasteiger partial charge in [0, 0.05) is 61.4 Å². The van der Waals surface area contributed by atoms with Crippen molar-refractivity contribution in [3.05, 3.63) is 36.1 Å². The van der Waals surface area contributed by atoms with E-state index in [0.29, 0.717) is 26.1 Å². The number of rotatable bonds is 20. The van der Waals surface area contributed by atoms with Crippen LogP contribution in [0.2, 0.25) is 0 Å². The van der Waals surface area contributed by atoms with Crippen LogP contribution in [-0.2, 0) is 51.8 Å². The van der Waals surface area contributed by atoms with Gasteiger partial charge >= 0.3 is 5.97 Å². The summed E-state index contributed by atoms with van der Waals surface area (Å²) in [6.45, 7) is 10.6. The second-order valence-corrected chi connectivity index (χ2v) is 7.39. The number of hydrogen-bond donors (Lipinski definition) is 4. The maximum atomic E-state index is 9.60. The van der Waals surface area contributed by atoms with Crippen LogP contribution in [0.15, 0.2) is 0 Å². The molecular formula is C22H60N8O4Pt2-4. The summed E-state index contributed by atoms with van der Waals surface area (Å²) in [5, 5.41) is 20.5. The molecule has 14 heteroatoms. The van der Waals surface area contributed by atoms with Gasteiger partial charge in [-0.3, -0.25) is 10.1 Å². The molecule has 0 bridgehead atoms. The topological polar surface area (TPSA) is 282 Å². The second kappa shape index (κ2) is 65.0. The first kappa shape index (κ1) is 60.8. The fourth-order valence-corrected chi connectivity index (χ4v) is 2.47. The summed E-state index contributed by atoms with van der Waals surface area (Å²) in [4.78, 5) is 13.4. The number of carboxylic acids is 1. The van der Waals surface area contributed by atoms with Crippen LogP contribution in [0.1, 0.15) is 90.9 Å². The van der Waals surface area contributed by atoms with E-state index >= 15 is 0 Å². The number of nitrogens with two attached hydrogens (primary N) is 6. The van der Waals surface area contributed by atoms with Crippen LogP contribution in [0.3, 0.4) is 0 Å². The zero-order chi connectivity index (χ0) is 23.1. The van der Waals surface area contributed by atoms with Crippen LogP contribution in [0.4, 0.5) is 0 Å². The Balaban J connectivity index is -0.0000000493. The fourth-order valence-electron chi connectivity index (χ4n) is 2.47. The Bertz CT molecular complexity index is 299. The normalized spacial score (nSPS) is 8.36. The van der Waals surface area contributed by atoms with Crippen molar-refractivity contribution < 1.29 is 72.8 Å². The molecule has 0 amide bonds. The van der Waals surface area contributed by atoms with E-state index < -0.39 is 5.97 Å². The van der Waals surface area contributed by atoms with Gasteiger partial charge in [-0.15, -0.1) is 0 Å². The van der Waals surface area contributed by atoms with Crippen LogP contribution in [-0.4, -0.2) is 62.2 Å². The van der Waals surface area contributed by atoms with Crippen molar-refractivity contribution in [1.29, 1.82) is 0 Å². The van der Waals surface area contributed by atoms with E-state index in [2.05, 4.69) is 15.5 Å². The Hall–Kier alpha value is 0.447. The van der Waals surface area contributed by atoms with Crippen molar-refractivity contribution in [2.45, 2.75) is 90.9 Å².